The van der Waals surface area contributed by atoms with Gasteiger partial charge in [-0.3, -0.25) is 9.59 Å². The Morgan fingerprint density at radius 3 is 2.40 bits per heavy atom. The minimum atomic E-state index is -0.406. The molecule has 0 unspecified atom stereocenters. The molecule has 0 aliphatic rings. The highest BCUT2D eigenvalue weighted by molar-refractivity contribution is 5.80. The molecule has 154 valence electrons. The molecule has 0 N–H and O–H groups in total. The van der Waals surface area contributed by atoms with Gasteiger partial charge in [0.15, 0.2) is 6.61 Å². The number of benzene rings is 2. The average Bonchev–Trinajstić information content (AvgIpc) is 2.75. The minimum absolute atomic E-state index is 0.0255. The van der Waals surface area contributed by atoms with Crippen LogP contribution in [0.1, 0.15) is 0 Å². The molecule has 0 aliphatic heterocycles. The number of fused-ring (bicyclic) bond motifs is 1. The highest BCUT2D eigenvalue weighted by Gasteiger charge is 2.13. The van der Waals surface area contributed by atoms with Crippen LogP contribution in [0.25, 0.3) is 11.0 Å². The number of nitrogens with zero attached hydrogens (tertiary/aromatic N) is 1. The summed E-state index contributed by atoms with van der Waals surface area (Å²) >= 11 is 0. The van der Waals surface area contributed by atoms with Gasteiger partial charge in [0.05, 0.1) is 5.39 Å². The van der Waals surface area contributed by atoms with Crippen LogP contribution in [0.3, 0.4) is 0 Å². The van der Waals surface area contributed by atoms with Gasteiger partial charge in [0.2, 0.25) is 11.2 Å². The molecule has 0 bridgehead atoms. The molecule has 1 aromatic heterocycles. The second-order valence-electron chi connectivity index (χ2n) is 6.31. The van der Waals surface area contributed by atoms with Crippen LogP contribution in [0.2, 0.25) is 0 Å². The molecule has 0 fully saturated rings. The molecular formula is C23H20FNO5. The molecule has 30 heavy (non-hydrogen) atoms. The lowest BCUT2D eigenvalue weighted by Crippen LogP contribution is -2.35. The van der Waals surface area contributed by atoms with E-state index in [9.17, 15) is 14.0 Å². The monoisotopic (exact) mass is 409 g/mol. The van der Waals surface area contributed by atoms with Crippen molar-refractivity contribution in [2.24, 2.45) is 0 Å². The molecule has 0 atom stereocenters. The van der Waals surface area contributed by atoms with Crippen molar-refractivity contribution in [2.45, 2.75) is 0 Å². The molecule has 2 aromatic carbocycles. The van der Waals surface area contributed by atoms with E-state index in [2.05, 4.69) is 13.2 Å². The van der Waals surface area contributed by atoms with Crippen molar-refractivity contribution >= 4 is 16.9 Å². The van der Waals surface area contributed by atoms with E-state index in [0.29, 0.717) is 24.6 Å². The van der Waals surface area contributed by atoms with E-state index in [-0.39, 0.29) is 34.7 Å². The molecular weight excluding hydrogens is 389 g/mol. The van der Waals surface area contributed by atoms with Crippen molar-refractivity contribution < 1.29 is 23.1 Å². The SMILES string of the molecule is C=CCN(CC=C)C(=O)COc1ccc2c(=O)c(Oc3ccc(F)cc3)coc2c1. The molecule has 7 heteroatoms. The normalized spacial score (nSPS) is 10.4. The summed E-state index contributed by atoms with van der Waals surface area (Å²) in [5.41, 5.74) is -0.100. The van der Waals surface area contributed by atoms with Gasteiger partial charge in [0.25, 0.3) is 5.91 Å². The van der Waals surface area contributed by atoms with Crippen LogP contribution in [0.4, 0.5) is 4.39 Å². The van der Waals surface area contributed by atoms with Crippen LogP contribution < -0.4 is 14.9 Å². The first-order valence-corrected chi connectivity index (χ1v) is 9.13. The largest absolute Gasteiger partial charge is 0.484 e. The Balaban J connectivity index is 1.74. The third-order valence-electron chi connectivity index (χ3n) is 4.17. The summed E-state index contributed by atoms with van der Waals surface area (Å²) in [6.45, 7) is 7.85. The van der Waals surface area contributed by atoms with Crippen molar-refractivity contribution in [1.82, 2.24) is 4.90 Å². The first kappa shape index (κ1) is 20.9. The zero-order valence-corrected chi connectivity index (χ0v) is 16.2. The first-order chi connectivity index (χ1) is 14.5. The van der Waals surface area contributed by atoms with Crippen LogP contribution in [-0.2, 0) is 4.79 Å². The van der Waals surface area contributed by atoms with Gasteiger partial charge in [-0.2, -0.15) is 0 Å². The molecule has 6 nitrogen and oxygen atoms in total. The molecule has 3 rings (SSSR count). The van der Waals surface area contributed by atoms with E-state index in [0.717, 1.165) is 0 Å². The maximum Gasteiger partial charge on any atom is 0.261 e. The maximum atomic E-state index is 13.0. The second-order valence-corrected chi connectivity index (χ2v) is 6.31. The number of carbonyl (C=O) groups is 1. The molecule has 0 aliphatic carbocycles. The summed E-state index contributed by atoms with van der Waals surface area (Å²) in [6, 6.07) is 9.91. The molecule has 1 heterocycles. The number of halogens is 1. The zero-order chi connectivity index (χ0) is 21.5. The summed E-state index contributed by atoms with van der Waals surface area (Å²) in [6.07, 6.45) is 4.42. The highest BCUT2D eigenvalue weighted by Crippen LogP contribution is 2.24. The van der Waals surface area contributed by atoms with Crippen LogP contribution in [0.15, 0.2) is 83.2 Å². The lowest BCUT2D eigenvalue weighted by molar-refractivity contribution is -0.132. The van der Waals surface area contributed by atoms with Crippen molar-refractivity contribution in [2.75, 3.05) is 19.7 Å². The second kappa shape index (κ2) is 9.56. The van der Waals surface area contributed by atoms with Crippen LogP contribution >= 0.6 is 0 Å². The Hall–Kier alpha value is -3.87. The van der Waals surface area contributed by atoms with Crippen molar-refractivity contribution in [1.29, 1.82) is 0 Å². The van der Waals surface area contributed by atoms with Gasteiger partial charge in [0.1, 0.15) is 29.2 Å². The standard InChI is InChI=1S/C23H20FNO5/c1-3-11-25(12-4-2)22(26)15-28-18-9-10-19-20(13-18)29-14-21(23(19)27)30-17-7-5-16(24)6-8-17/h3-10,13-14H,1-2,11-12,15H2. The molecule has 1 amide bonds. The summed E-state index contributed by atoms with van der Waals surface area (Å²) in [4.78, 5) is 26.4. The number of amides is 1. The van der Waals surface area contributed by atoms with Gasteiger partial charge in [-0.05, 0) is 36.4 Å². The predicted octanol–water partition coefficient (Wildman–Crippen LogP) is 4.30. The molecule has 3 aromatic rings. The minimum Gasteiger partial charge on any atom is -0.484 e. The van der Waals surface area contributed by atoms with Gasteiger partial charge in [0, 0.05) is 19.2 Å². The van der Waals surface area contributed by atoms with E-state index in [1.165, 1.54) is 42.7 Å². The Morgan fingerprint density at radius 2 is 1.73 bits per heavy atom. The van der Waals surface area contributed by atoms with Crippen molar-refractivity contribution in [3.05, 3.63) is 90.1 Å². The molecule has 0 saturated carbocycles. The Morgan fingerprint density at radius 1 is 1.07 bits per heavy atom. The summed E-state index contributed by atoms with van der Waals surface area (Å²) in [5.74, 6) is 0.0336. The van der Waals surface area contributed by atoms with E-state index >= 15 is 0 Å². The Kier molecular flexibility index (Phi) is 6.64. The number of rotatable bonds is 9. The highest BCUT2D eigenvalue weighted by atomic mass is 19.1. The smallest absolute Gasteiger partial charge is 0.261 e. The van der Waals surface area contributed by atoms with Gasteiger partial charge >= 0.3 is 0 Å². The number of hydrogen-bond donors (Lipinski definition) is 0. The summed E-state index contributed by atoms with van der Waals surface area (Å²) in [7, 11) is 0. The fourth-order valence-electron chi connectivity index (χ4n) is 2.71. The third kappa shape index (κ3) is 4.94. The summed E-state index contributed by atoms with van der Waals surface area (Å²) in [5, 5.41) is 0.285. The Bertz CT molecular complexity index is 1110. The van der Waals surface area contributed by atoms with Gasteiger partial charge in [-0.15, -0.1) is 13.2 Å². The zero-order valence-electron chi connectivity index (χ0n) is 16.2. The number of ether oxygens (including phenoxy) is 2. The van der Waals surface area contributed by atoms with E-state index in [1.807, 2.05) is 0 Å². The van der Waals surface area contributed by atoms with Crippen LogP contribution in [0.5, 0.6) is 17.2 Å². The summed E-state index contributed by atoms with van der Waals surface area (Å²) < 4.78 is 29.5. The van der Waals surface area contributed by atoms with Crippen molar-refractivity contribution in [3.63, 3.8) is 0 Å². The fourth-order valence-corrected chi connectivity index (χ4v) is 2.71. The number of hydrogen-bond acceptors (Lipinski definition) is 5. The van der Waals surface area contributed by atoms with E-state index < -0.39 is 5.82 Å². The van der Waals surface area contributed by atoms with E-state index in [4.69, 9.17) is 13.9 Å². The topological polar surface area (TPSA) is 69.0 Å². The number of carbonyl (C=O) groups excluding carboxylic acids is 1. The lowest BCUT2D eigenvalue weighted by atomic mass is 10.2. The molecule has 0 saturated heterocycles. The maximum absolute atomic E-state index is 13.0. The molecule has 0 spiro atoms. The van der Waals surface area contributed by atoms with Crippen LogP contribution in [0, 0.1) is 5.82 Å². The van der Waals surface area contributed by atoms with E-state index in [1.54, 1.807) is 23.1 Å². The predicted molar refractivity (Wildman–Crippen MR) is 111 cm³/mol. The quantitative estimate of drug-likeness (QED) is 0.493. The Labute approximate surface area is 172 Å². The van der Waals surface area contributed by atoms with Gasteiger partial charge < -0.3 is 18.8 Å². The van der Waals surface area contributed by atoms with Gasteiger partial charge in [-0.25, -0.2) is 4.39 Å². The van der Waals surface area contributed by atoms with Crippen LogP contribution in [-0.4, -0.2) is 30.5 Å². The first-order valence-electron chi connectivity index (χ1n) is 9.13. The average molecular weight is 409 g/mol. The van der Waals surface area contributed by atoms with Crippen molar-refractivity contribution in [3.8, 4) is 17.2 Å². The molecule has 0 radical (unpaired) electrons. The third-order valence-corrected chi connectivity index (χ3v) is 4.17. The lowest BCUT2D eigenvalue weighted by Gasteiger charge is -2.19. The fraction of sp³-hybridized carbons (Fsp3) is 0.130. The van der Waals surface area contributed by atoms with Gasteiger partial charge in [-0.1, -0.05) is 12.2 Å².